The van der Waals surface area contributed by atoms with Crippen LogP contribution in [-0.4, -0.2) is 24.8 Å². The molecule has 0 saturated carbocycles. The van der Waals surface area contributed by atoms with E-state index in [0.29, 0.717) is 12.2 Å². The van der Waals surface area contributed by atoms with Crippen molar-refractivity contribution in [3.8, 4) is 0 Å². The lowest BCUT2D eigenvalue weighted by atomic mass is 10.1. The van der Waals surface area contributed by atoms with Crippen molar-refractivity contribution < 1.29 is 8.42 Å². The summed E-state index contributed by atoms with van der Waals surface area (Å²) in [4.78, 5) is 0. The molecule has 1 aromatic rings. The molecule has 114 valence electrons. The standard InChI is InChI=1S/C14H25N3O2S/c1-5-10-17(20(18,19)16-14(2,3)4)11-12-8-6-7-9-13(12)15/h6-9,16H,5,10-11,15H2,1-4H3. The first-order chi connectivity index (χ1) is 9.15. The smallest absolute Gasteiger partial charge is 0.280 e. The van der Waals surface area contributed by atoms with Gasteiger partial charge < -0.3 is 5.73 Å². The van der Waals surface area contributed by atoms with Gasteiger partial charge in [-0.05, 0) is 38.8 Å². The van der Waals surface area contributed by atoms with E-state index >= 15 is 0 Å². The molecule has 0 bridgehead atoms. The highest BCUT2D eigenvalue weighted by molar-refractivity contribution is 7.87. The molecule has 0 unspecified atom stereocenters. The van der Waals surface area contributed by atoms with Gasteiger partial charge in [-0.1, -0.05) is 25.1 Å². The maximum Gasteiger partial charge on any atom is 0.280 e. The minimum Gasteiger partial charge on any atom is -0.398 e. The van der Waals surface area contributed by atoms with Crippen LogP contribution in [0.3, 0.4) is 0 Å². The van der Waals surface area contributed by atoms with E-state index < -0.39 is 15.7 Å². The van der Waals surface area contributed by atoms with Gasteiger partial charge in [0.25, 0.3) is 10.2 Å². The summed E-state index contributed by atoms with van der Waals surface area (Å²) in [5, 5.41) is 0. The van der Waals surface area contributed by atoms with Gasteiger partial charge in [0, 0.05) is 24.3 Å². The Morgan fingerprint density at radius 3 is 2.35 bits per heavy atom. The second-order valence-electron chi connectivity index (χ2n) is 5.89. The van der Waals surface area contributed by atoms with E-state index in [-0.39, 0.29) is 6.54 Å². The minimum atomic E-state index is -3.53. The largest absolute Gasteiger partial charge is 0.398 e. The number of nitrogens with one attached hydrogen (secondary N) is 1. The molecule has 6 heteroatoms. The number of nitrogen functional groups attached to an aromatic ring is 1. The fourth-order valence-electron chi connectivity index (χ4n) is 1.85. The Balaban J connectivity index is 2.98. The molecular formula is C14H25N3O2S. The van der Waals surface area contributed by atoms with Crippen molar-refractivity contribution in [3.63, 3.8) is 0 Å². The average molecular weight is 299 g/mol. The van der Waals surface area contributed by atoms with Crippen LogP contribution in [0.5, 0.6) is 0 Å². The zero-order valence-electron chi connectivity index (χ0n) is 12.7. The van der Waals surface area contributed by atoms with Crippen molar-refractivity contribution in [1.29, 1.82) is 0 Å². The number of rotatable bonds is 6. The first-order valence-corrected chi connectivity index (χ1v) is 8.22. The molecule has 0 aromatic heterocycles. The van der Waals surface area contributed by atoms with E-state index in [9.17, 15) is 8.42 Å². The quantitative estimate of drug-likeness (QED) is 0.790. The van der Waals surface area contributed by atoms with Crippen molar-refractivity contribution >= 4 is 15.9 Å². The summed E-state index contributed by atoms with van der Waals surface area (Å²) < 4.78 is 29.0. The molecule has 0 aliphatic heterocycles. The highest BCUT2D eigenvalue weighted by atomic mass is 32.2. The normalized spacial score (nSPS) is 12.8. The molecule has 0 atom stereocenters. The van der Waals surface area contributed by atoms with Crippen LogP contribution < -0.4 is 10.5 Å². The predicted octanol–water partition coefficient (Wildman–Crippen LogP) is 2.11. The molecule has 0 saturated heterocycles. The van der Waals surface area contributed by atoms with Gasteiger partial charge in [-0.3, -0.25) is 0 Å². The summed E-state index contributed by atoms with van der Waals surface area (Å²) in [6.45, 7) is 8.17. The molecule has 0 aliphatic rings. The van der Waals surface area contributed by atoms with Crippen LogP contribution in [0.15, 0.2) is 24.3 Å². The fourth-order valence-corrected chi connectivity index (χ4v) is 3.49. The Morgan fingerprint density at radius 1 is 1.25 bits per heavy atom. The third-order valence-electron chi connectivity index (χ3n) is 2.65. The van der Waals surface area contributed by atoms with Crippen LogP contribution >= 0.6 is 0 Å². The van der Waals surface area contributed by atoms with Crippen molar-refractivity contribution in [2.24, 2.45) is 0 Å². The molecule has 0 radical (unpaired) electrons. The number of hydrogen-bond donors (Lipinski definition) is 2. The molecular weight excluding hydrogens is 274 g/mol. The summed E-state index contributed by atoms with van der Waals surface area (Å²) in [5.74, 6) is 0. The van der Waals surface area contributed by atoms with Crippen molar-refractivity contribution in [2.45, 2.75) is 46.2 Å². The number of hydrogen-bond acceptors (Lipinski definition) is 3. The molecule has 0 aliphatic carbocycles. The minimum absolute atomic E-state index is 0.284. The van der Waals surface area contributed by atoms with Crippen LogP contribution in [0.25, 0.3) is 0 Å². The molecule has 20 heavy (non-hydrogen) atoms. The zero-order chi connectivity index (χ0) is 15.4. The molecule has 5 nitrogen and oxygen atoms in total. The Labute approximate surface area is 122 Å². The molecule has 0 fully saturated rings. The second-order valence-corrected chi connectivity index (χ2v) is 7.56. The lowest BCUT2D eigenvalue weighted by Crippen LogP contribution is -2.48. The predicted molar refractivity (Wildman–Crippen MR) is 83.4 cm³/mol. The van der Waals surface area contributed by atoms with Gasteiger partial charge in [-0.2, -0.15) is 17.4 Å². The third-order valence-corrected chi connectivity index (χ3v) is 4.51. The summed E-state index contributed by atoms with van der Waals surface area (Å²) in [7, 11) is -3.53. The Kier molecular flexibility index (Phi) is 5.56. The SMILES string of the molecule is CCCN(Cc1ccccc1N)S(=O)(=O)NC(C)(C)C. The van der Waals surface area contributed by atoms with Crippen LogP contribution in [0.2, 0.25) is 0 Å². The van der Waals surface area contributed by atoms with Gasteiger partial charge in [0.1, 0.15) is 0 Å². The number of anilines is 1. The van der Waals surface area contributed by atoms with Crippen LogP contribution in [0.1, 0.15) is 39.7 Å². The number of nitrogens with two attached hydrogens (primary N) is 1. The van der Waals surface area contributed by atoms with E-state index in [1.54, 1.807) is 6.07 Å². The molecule has 0 amide bonds. The van der Waals surface area contributed by atoms with Gasteiger partial charge >= 0.3 is 0 Å². The van der Waals surface area contributed by atoms with Gasteiger partial charge in [0.05, 0.1) is 0 Å². The highest BCUT2D eigenvalue weighted by Gasteiger charge is 2.26. The van der Waals surface area contributed by atoms with Crippen molar-refractivity contribution in [2.75, 3.05) is 12.3 Å². The molecule has 3 N–H and O–H groups in total. The van der Waals surface area contributed by atoms with Crippen LogP contribution in [0.4, 0.5) is 5.69 Å². The van der Waals surface area contributed by atoms with E-state index in [1.807, 2.05) is 45.9 Å². The molecule has 1 aromatic carbocycles. The van der Waals surface area contributed by atoms with E-state index in [2.05, 4.69) is 4.72 Å². The lowest BCUT2D eigenvalue weighted by Gasteiger charge is -2.28. The molecule has 1 rings (SSSR count). The van der Waals surface area contributed by atoms with Gasteiger partial charge in [0.15, 0.2) is 0 Å². The first kappa shape index (κ1) is 16.9. The van der Waals surface area contributed by atoms with Gasteiger partial charge in [0.2, 0.25) is 0 Å². The summed E-state index contributed by atoms with van der Waals surface area (Å²) in [6, 6.07) is 7.33. The van der Waals surface area contributed by atoms with Crippen LogP contribution in [-0.2, 0) is 16.8 Å². The molecule has 0 heterocycles. The number of para-hydroxylation sites is 1. The summed E-state index contributed by atoms with van der Waals surface area (Å²) in [6.07, 6.45) is 0.748. The third kappa shape index (κ3) is 5.11. The van der Waals surface area contributed by atoms with Gasteiger partial charge in [-0.25, -0.2) is 0 Å². The Morgan fingerprint density at radius 2 is 1.85 bits per heavy atom. The second kappa shape index (κ2) is 6.56. The zero-order valence-corrected chi connectivity index (χ0v) is 13.5. The highest BCUT2D eigenvalue weighted by Crippen LogP contribution is 2.16. The average Bonchev–Trinajstić information content (AvgIpc) is 2.28. The van der Waals surface area contributed by atoms with Crippen molar-refractivity contribution in [3.05, 3.63) is 29.8 Å². The first-order valence-electron chi connectivity index (χ1n) is 6.78. The Bertz CT molecular complexity index is 536. The van der Waals surface area contributed by atoms with E-state index in [1.165, 1.54) is 4.31 Å². The van der Waals surface area contributed by atoms with E-state index in [0.717, 1.165) is 12.0 Å². The fraction of sp³-hybridized carbons (Fsp3) is 0.571. The monoisotopic (exact) mass is 299 g/mol. The van der Waals surface area contributed by atoms with E-state index in [4.69, 9.17) is 5.73 Å². The van der Waals surface area contributed by atoms with Gasteiger partial charge in [-0.15, -0.1) is 0 Å². The maximum atomic E-state index is 12.4. The molecule has 0 spiro atoms. The number of nitrogens with zero attached hydrogens (tertiary/aromatic N) is 1. The maximum absolute atomic E-state index is 12.4. The van der Waals surface area contributed by atoms with Crippen LogP contribution in [0, 0.1) is 0 Å². The number of benzene rings is 1. The summed E-state index contributed by atoms with van der Waals surface area (Å²) >= 11 is 0. The topological polar surface area (TPSA) is 75.4 Å². The Hall–Kier alpha value is -1.11. The van der Waals surface area contributed by atoms with Crippen molar-refractivity contribution in [1.82, 2.24) is 9.03 Å². The lowest BCUT2D eigenvalue weighted by molar-refractivity contribution is 0.379. The summed E-state index contributed by atoms with van der Waals surface area (Å²) in [5.41, 5.74) is 6.82.